The van der Waals surface area contributed by atoms with E-state index in [2.05, 4.69) is 4.98 Å². The molecule has 174 valence electrons. The molecule has 33 heavy (non-hydrogen) atoms. The molecule has 0 spiro atoms. The van der Waals surface area contributed by atoms with Crippen molar-refractivity contribution in [1.82, 2.24) is 14.8 Å². The molecule has 0 N–H and O–H groups in total. The van der Waals surface area contributed by atoms with Gasteiger partial charge in [0.05, 0.1) is 10.7 Å². The molecular weight excluding hydrogens is 445 g/mol. The van der Waals surface area contributed by atoms with Crippen molar-refractivity contribution in [2.75, 3.05) is 20.1 Å². The van der Waals surface area contributed by atoms with Crippen LogP contribution in [0, 0.1) is 5.82 Å². The number of carbonyl (C=O) groups is 2. The SMILES string of the molecule is [2H]C([2H])([2H])N1CCN(C(=O)c2cc3nc(-c4ccc(F)c(Cl)c4)cc(C(C)(C)C)c3o2)C(C)(C)C1=O. The second-order valence-corrected chi connectivity index (χ2v) is 10.1. The zero-order chi connectivity index (χ0) is 26.8. The minimum Gasteiger partial charge on any atom is -0.449 e. The zero-order valence-corrected chi connectivity index (χ0v) is 19.9. The molecule has 1 aromatic carbocycles. The number of amides is 2. The molecule has 1 aliphatic rings. The summed E-state index contributed by atoms with van der Waals surface area (Å²) >= 11 is 5.98. The van der Waals surface area contributed by atoms with E-state index >= 15 is 0 Å². The molecule has 4 rings (SSSR count). The lowest BCUT2D eigenvalue weighted by Crippen LogP contribution is -2.63. The number of fused-ring (bicyclic) bond motifs is 1. The first-order valence-electron chi connectivity index (χ1n) is 12.1. The maximum atomic E-state index is 13.7. The second-order valence-electron chi connectivity index (χ2n) is 9.73. The summed E-state index contributed by atoms with van der Waals surface area (Å²) < 4.78 is 42.6. The number of carbonyl (C=O) groups excluding carboxylic acids is 2. The van der Waals surface area contributed by atoms with E-state index in [0.717, 1.165) is 10.5 Å². The molecule has 3 aromatic rings. The molecule has 1 aliphatic heterocycles. The predicted molar refractivity (Wildman–Crippen MR) is 126 cm³/mol. The zero-order valence-electron chi connectivity index (χ0n) is 22.1. The lowest BCUT2D eigenvalue weighted by molar-refractivity contribution is -0.144. The molecule has 2 aromatic heterocycles. The van der Waals surface area contributed by atoms with Gasteiger partial charge >= 0.3 is 0 Å². The summed E-state index contributed by atoms with van der Waals surface area (Å²) in [7, 11) is 0. The summed E-state index contributed by atoms with van der Waals surface area (Å²) in [4.78, 5) is 33.2. The van der Waals surface area contributed by atoms with Crippen molar-refractivity contribution in [2.24, 2.45) is 0 Å². The van der Waals surface area contributed by atoms with Crippen molar-refractivity contribution >= 4 is 34.5 Å². The fourth-order valence-electron chi connectivity index (χ4n) is 4.00. The lowest BCUT2D eigenvalue weighted by atomic mass is 9.86. The summed E-state index contributed by atoms with van der Waals surface area (Å²) in [6, 6.07) is 7.67. The van der Waals surface area contributed by atoms with Crippen LogP contribution in [0.1, 0.15) is 54.8 Å². The summed E-state index contributed by atoms with van der Waals surface area (Å²) in [6.07, 6.45) is 0. The van der Waals surface area contributed by atoms with Crippen molar-refractivity contribution in [2.45, 2.75) is 45.6 Å². The van der Waals surface area contributed by atoms with Crippen LogP contribution in [0.5, 0.6) is 0 Å². The molecule has 3 heterocycles. The third-order valence-corrected chi connectivity index (χ3v) is 6.24. The van der Waals surface area contributed by atoms with Crippen molar-refractivity contribution in [3.63, 3.8) is 0 Å². The smallest absolute Gasteiger partial charge is 0.290 e. The first kappa shape index (κ1) is 19.5. The fraction of sp³-hybridized carbons (Fsp3) is 0.400. The number of halogens is 2. The van der Waals surface area contributed by atoms with Gasteiger partial charge in [-0.1, -0.05) is 32.4 Å². The molecule has 0 saturated carbocycles. The van der Waals surface area contributed by atoms with E-state index in [1.165, 1.54) is 36.9 Å². The number of pyridine rings is 1. The van der Waals surface area contributed by atoms with Gasteiger partial charge in [0, 0.05) is 41.4 Å². The quantitative estimate of drug-likeness (QED) is 0.507. The Labute approximate surface area is 201 Å². The van der Waals surface area contributed by atoms with Crippen LogP contribution in [-0.2, 0) is 10.2 Å². The van der Waals surface area contributed by atoms with Crippen LogP contribution in [-0.4, -0.2) is 52.2 Å². The van der Waals surface area contributed by atoms with Crippen molar-refractivity contribution in [3.8, 4) is 11.3 Å². The van der Waals surface area contributed by atoms with E-state index in [9.17, 15) is 14.0 Å². The average Bonchev–Trinajstić information content (AvgIpc) is 3.19. The van der Waals surface area contributed by atoms with Crippen LogP contribution in [0.2, 0.25) is 5.02 Å². The van der Waals surface area contributed by atoms with Gasteiger partial charge < -0.3 is 14.2 Å². The Morgan fingerprint density at radius 2 is 1.97 bits per heavy atom. The molecule has 1 fully saturated rings. The van der Waals surface area contributed by atoms with E-state index in [4.69, 9.17) is 20.1 Å². The minimum absolute atomic E-state index is 0.0134. The number of furan rings is 1. The Kier molecular flexibility index (Phi) is 4.64. The van der Waals surface area contributed by atoms with Crippen LogP contribution >= 0.6 is 11.6 Å². The Bertz CT molecular complexity index is 1380. The first-order chi connectivity index (χ1) is 16.5. The molecule has 8 heteroatoms. The molecule has 2 amide bonds. The molecular formula is C25H27ClFN3O3. The molecule has 0 bridgehead atoms. The molecule has 0 unspecified atom stereocenters. The van der Waals surface area contributed by atoms with E-state index in [-0.39, 0.29) is 23.9 Å². The van der Waals surface area contributed by atoms with E-state index in [0.29, 0.717) is 22.4 Å². The molecule has 1 saturated heterocycles. The Hall–Kier alpha value is -2.93. The van der Waals surface area contributed by atoms with Gasteiger partial charge in [0.1, 0.15) is 16.9 Å². The highest BCUT2D eigenvalue weighted by atomic mass is 35.5. The summed E-state index contributed by atoms with van der Waals surface area (Å²) in [5.41, 5.74) is 0.993. The Morgan fingerprint density at radius 1 is 1.24 bits per heavy atom. The van der Waals surface area contributed by atoms with Crippen LogP contribution < -0.4 is 0 Å². The van der Waals surface area contributed by atoms with Gasteiger partial charge in [-0.05, 0) is 43.5 Å². The van der Waals surface area contributed by atoms with E-state index in [1.54, 1.807) is 6.07 Å². The number of piperazine rings is 1. The maximum absolute atomic E-state index is 13.7. The molecule has 0 radical (unpaired) electrons. The van der Waals surface area contributed by atoms with Gasteiger partial charge in [0.25, 0.3) is 5.91 Å². The largest absolute Gasteiger partial charge is 0.449 e. The highest BCUT2D eigenvalue weighted by molar-refractivity contribution is 6.31. The predicted octanol–water partition coefficient (Wildman–Crippen LogP) is 5.28. The lowest BCUT2D eigenvalue weighted by Gasteiger charge is -2.44. The Morgan fingerprint density at radius 3 is 2.61 bits per heavy atom. The van der Waals surface area contributed by atoms with Crippen LogP contribution in [0.3, 0.4) is 0 Å². The summed E-state index contributed by atoms with van der Waals surface area (Å²) in [5, 5.41) is -0.0298. The average molecular weight is 475 g/mol. The van der Waals surface area contributed by atoms with Gasteiger partial charge in [-0.2, -0.15) is 0 Å². The number of benzene rings is 1. The second kappa shape index (κ2) is 7.83. The number of aromatic nitrogens is 1. The summed E-state index contributed by atoms with van der Waals surface area (Å²) in [6.45, 7) is 6.33. The Balaban J connectivity index is 1.78. The third-order valence-electron chi connectivity index (χ3n) is 5.95. The topological polar surface area (TPSA) is 66.7 Å². The highest BCUT2D eigenvalue weighted by Gasteiger charge is 2.44. The van der Waals surface area contributed by atoms with Crippen molar-refractivity contribution < 1.29 is 22.5 Å². The van der Waals surface area contributed by atoms with E-state index < -0.39 is 35.6 Å². The number of likely N-dealkylation sites (N-methyl/N-ethyl adjacent to an activating group) is 1. The normalized spacial score (nSPS) is 18.3. The van der Waals surface area contributed by atoms with Gasteiger partial charge in [-0.15, -0.1) is 0 Å². The number of hydrogen-bond acceptors (Lipinski definition) is 4. The van der Waals surface area contributed by atoms with Gasteiger partial charge in [0.15, 0.2) is 11.3 Å². The van der Waals surface area contributed by atoms with Crippen molar-refractivity contribution in [3.05, 3.63) is 52.5 Å². The molecule has 0 aliphatic carbocycles. The van der Waals surface area contributed by atoms with Gasteiger partial charge in [0.2, 0.25) is 5.91 Å². The van der Waals surface area contributed by atoms with E-state index in [1.807, 2.05) is 26.8 Å². The minimum atomic E-state index is -2.59. The number of rotatable bonds is 2. The number of hydrogen-bond donors (Lipinski definition) is 0. The molecule has 0 atom stereocenters. The standard InChI is InChI=1S/C25H27ClFN3O3/c1-24(2,3)15-12-18(14-7-8-17(27)16(26)11-14)28-19-13-20(33-21(15)19)22(31)30-10-9-29(6)23(32)25(30,4)5/h7-8,11-13H,9-10H2,1-6H3/i6D3. The van der Waals surface area contributed by atoms with Gasteiger partial charge in [-0.3, -0.25) is 9.59 Å². The third kappa shape index (κ3) is 3.99. The maximum Gasteiger partial charge on any atom is 0.290 e. The van der Waals surface area contributed by atoms with Crippen LogP contribution in [0.15, 0.2) is 34.7 Å². The van der Waals surface area contributed by atoms with Gasteiger partial charge in [-0.25, -0.2) is 9.37 Å². The fourth-order valence-corrected chi connectivity index (χ4v) is 4.18. The van der Waals surface area contributed by atoms with Crippen molar-refractivity contribution in [1.29, 1.82) is 0 Å². The number of nitrogens with zero attached hydrogens (tertiary/aromatic N) is 3. The molecule has 6 nitrogen and oxygen atoms in total. The monoisotopic (exact) mass is 474 g/mol. The summed E-state index contributed by atoms with van der Waals surface area (Å²) in [5.74, 6) is -1.75. The van der Waals surface area contributed by atoms with Crippen LogP contribution in [0.4, 0.5) is 4.39 Å². The highest BCUT2D eigenvalue weighted by Crippen LogP contribution is 2.36. The van der Waals surface area contributed by atoms with Crippen LogP contribution in [0.25, 0.3) is 22.4 Å². The first-order valence-corrected chi connectivity index (χ1v) is 10.9.